The van der Waals surface area contributed by atoms with Gasteiger partial charge in [-0.25, -0.2) is 9.97 Å². The standard InChI is InChI=1S/C19H17BrN2O2S/c1-12-19(25-11-22-12)16(13-3-6-15(20)7-4-13)9-17(23)14-5-8-18(24-2)21-10-14/h3-8,10-11,16H,9H2,1-2H3. The largest absolute Gasteiger partial charge is 0.481 e. The van der Waals surface area contributed by atoms with Gasteiger partial charge in [0.2, 0.25) is 5.88 Å². The van der Waals surface area contributed by atoms with E-state index in [0.717, 1.165) is 20.6 Å². The Morgan fingerprint density at radius 1 is 1.20 bits per heavy atom. The molecule has 6 heteroatoms. The molecule has 2 heterocycles. The van der Waals surface area contributed by atoms with Crippen molar-refractivity contribution in [3.8, 4) is 5.88 Å². The molecule has 1 atom stereocenters. The number of benzene rings is 1. The van der Waals surface area contributed by atoms with Gasteiger partial charge in [0.15, 0.2) is 5.78 Å². The molecule has 128 valence electrons. The first-order valence-corrected chi connectivity index (χ1v) is 9.44. The number of ether oxygens (including phenoxy) is 1. The van der Waals surface area contributed by atoms with Crippen molar-refractivity contribution in [1.82, 2.24) is 9.97 Å². The molecule has 0 aliphatic carbocycles. The van der Waals surface area contributed by atoms with Crippen molar-refractivity contribution in [1.29, 1.82) is 0 Å². The lowest BCUT2D eigenvalue weighted by Crippen LogP contribution is -2.09. The highest BCUT2D eigenvalue weighted by molar-refractivity contribution is 9.10. The number of halogens is 1. The zero-order valence-electron chi connectivity index (χ0n) is 13.9. The Kier molecular flexibility index (Phi) is 5.60. The zero-order valence-corrected chi connectivity index (χ0v) is 16.3. The van der Waals surface area contributed by atoms with Crippen LogP contribution in [-0.4, -0.2) is 22.9 Å². The Hall–Kier alpha value is -2.05. The van der Waals surface area contributed by atoms with Crippen LogP contribution in [0.15, 0.2) is 52.6 Å². The van der Waals surface area contributed by atoms with Gasteiger partial charge in [0.05, 0.1) is 18.3 Å². The van der Waals surface area contributed by atoms with E-state index in [4.69, 9.17) is 4.74 Å². The van der Waals surface area contributed by atoms with Crippen LogP contribution in [0.3, 0.4) is 0 Å². The summed E-state index contributed by atoms with van der Waals surface area (Å²) in [5.41, 5.74) is 4.49. The summed E-state index contributed by atoms with van der Waals surface area (Å²) in [6, 6.07) is 11.6. The molecule has 1 aromatic carbocycles. The number of hydrogen-bond donors (Lipinski definition) is 0. The van der Waals surface area contributed by atoms with E-state index in [1.165, 1.54) is 0 Å². The predicted molar refractivity (Wildman–Crippen MR) is 103 cm³/mol. The van der Waals surface area contributed by atoms with Gasteiger partial charge in [0, 0.05) is 39.5 Å². The third-order valence-corrected chi connectivity index (χ3v) is 5.60. The molecule has 3 aromatic rings. The molecule has 0 amide bonds. The topological polar surface area (TPSA) is 52.1 Å². The van der Waals surface area contributed by atoms with Crippen LogP contribution >= 0.6 is 27.3 Å². The van der Waals surface area contributed by atoms with E-state index < -0.39 is 0 Å². The minimum Gasteiger partial charge on any atom is -0.481 e. The second kappa shape index (κ2) is 7.89. The second-order valence-electron chi connectivity index (χ2n) is 5.62. The van der Waals surface area contributed by atoms with Crippen molar-refractivity contribution < 1.29 is 9.53 Å². The van der Waals surface area contributed by atoms with Gasteiger partial charge < -0.3 is 4.74 Å². The molecule has 0 bridgehead atoms. The molecule has 0 aliphatic heterocycles. The fourth-order valence-electron chi connectivity index (χ4n) is 2.67. The Labute approximate surface area is 159 Å². The number of pyridine rings is 1. The van der Waals surface area contributed by atoms with Gasteiger partial charge in [0.25, 0.3) is 0 Å². The molecule has 0 spiro atoms. The van der Waals surface area contributed by atoms with E-state index in [-0.39, 0.29) is 11.7 Å². The Bertz CT molecular complexity index is 860. The summed E-state index contributed by atoms with van der Waals surface area (Å²) in [6.45, 7) is 1.98. The van der Waals surface area contributed by atoms with Gasteiger partial charge >= 0.3 is 0 Å². The summed E-state index contributed by atoms with van der Waals surface area (Å²) in [5, 5.41) is 0. The summed E-state index contributed by atoms with van der Waals surface area (Å²) in [6.07, 6.45) is 1.94. The fourth-order valence-corrected chi connectivity index (χ4v) is 3.87. The number of thiazole rings is 1. The van der Waals surface area contributed by atoms with Crippen LogP contribution in [0.25, 0.3) is 0 Å². The van der Waals surface area contributed by atoms with Gasteiger partial charge in [-0.3, -0.25) is 4.79 Å². The van der Waals surface area contributed by atoms with Gasteiger partial charge in [-0.15, -0.1) is 11.3 Å². The number of Topliss-reactive ketones (excluding diaryl/α,β-unsaturated/α-hetero) is 1. The van der Waals surface area contributed by atoms with Crippen LogP contribution in [-0.2, 0) is 0 Å². The van der Waals surface area contributed by atoms with Gasteiger partial charge in [-0.05, 0) is 30.7 Å². The maximum absolute atomic E-state index is 12.8. The lowest BCUT2D eigenvalue weighted by molar-refractivity contribution is 0.0977. The van der Waals surface area contributed by atoms with E-state index in [2.05, 4.69) is 25.9 Å². The highest BCUT2D eigenvalue weighted by Gasteiger charge is 2.22. The smallest absolute Gasteiger partial charge is 0.212 e. The van der Waals surface area contributed by atoms with Gasteiger partial charge in [-0.2, -0.15) is 0 Å². The van der Waals surface area contributed by atoms with E-state index in [9.17, 15) is 4.79 Å². The van der Waals surface area contributed by atoms with Crippen molar-refractivity contribution in [2.24, 2.45) is 0 Å². The number of carbonyl (C=O) groups excluding carboxylic acids is 1. The average Bonchev–Trinajstić information content (AvgIpc) is 3.06. The van der Waals surface area contributed by atoms with Crippen molar-refractivity contribution >= 4 is 33.0 Å². The lowest BCUT2D eigenvalue weighted by atomic mass is 9.90. The van der Waals surface area contributed by atoms with Crippen molar-refractivity contribution in [3.63, 3.8) is 0 Å². The highest BCUT2D eigenvalue weighted by Crippen LogP contribution is 2.34. The molecule has 3 rings (SSSR count). The molecule has 2 aromatic heterocycles. The molecule has 1 unspecified atom stereocenters. The molecule has 25 heavy (non-hydrogen) atoms. The summed E-state index contributed by atoms with van der Waals surface area (Å²) in [5.74, 6) is 0.533. The number of hydrogen-bond acceptors (Lipinski definition) is 5. The third-order valence-electron chi connectivity index (χ3n) is 4.03. The van der Waals surface area contributed by atoms with Crippen LogP contribution in [0.2, 0.25) is 0 Å². The first-order chi connectivity index (χ1) is 12.1. The Balaban J connectivity index is 1.90. The number of aromatic nitrogens is 2. The molecule has 0 N–H and O–H groups in total. The van der Waals surface area contributed by atoms with Crippen LogP contribution < -0.4 is 4.74 Å². The molecule has 0 saturated carbocycles. The number of rotatable bonds is 6. The van der Waals surface area contributed by atoms with Crippen molar-refractivity contribution in [2.45, 2.75) is 19.3 Å². The van der Waals surface area contributed by atoms with Crippen LogP contribution in [0, 0.1) is 6.92 Å². The molecule has 0 radical (unpaired) electrons. The normalized spacial score (nSPS) is 12.0. The number of carbonyl (C=O) groups is 1. The minimum absolute atomic E-state index is 0.0183. The number of methoxy groups -OCH3 is 1. The van der Waals surface area contributed by atoms with Crippen LogP contribution in [0.5, 0.6) is 5.88 Å². The predicted octanol–water partition coefficient (Wildman–Crippen LogP) is 5.02. The number of nitrogens with zero attached hydrogens (tertiary/aromatic N) is 2. The Morgan fingerprint density at radius 3 is 2.52 bits per heavy atom. The molecule has 0 saturated heterocycles. The SMILES string of the molecule is COc1ccc(C(=O)CC(c2ccc(Br)cc2)c2scnc2C)cn1. The first kappa shape index (κ1) is 17.8. The molecule has 0 fully saturated rings. The monoisotopic (exact) mass is 416 g/mol. The highest BCUT2D eigenvalue weighted by atomic mass is 79.9. The summed E-state index contributed by atoms with van der Waals surface area (Å²) in [4.78, 5) is 22.4. The van der Waals surface area contributed by atoms with Crippen LogP contribution in [0.4, 0.5) is 0 Å². The van der Waals surface area contributed by atoms with Crippen molar-refractivity contribution in [2.75, 3.05) is 7.11 Å². The molecular weight excluding hydrogens is 400 g/mol. The number of ketones is 1. The van der Waals surface area contributed by atoms with E-state index in [0.29, 0.717) is 17.9 Å². The fraction of sp³-hybridized carbons (Fsp3) is 0.211. The maximum Gasteiger partial charge on any atom is 0.212 e. The van der Waals surface area contributed by atoms with E-state index >= 15 is 0 Å². The summed E-state index contributed by atoms with van der Waals surface area (Å²) in [7, 11) is 1.56. The third kappa shape index (κ3) is 4.14. The van der Waals surface area contributed by atoms with E-state index in [1.54, 1.807) is 36.8 Å². The van der Waals surface area contributed by atoms with Crippen LogP contribution in [0.1, 0.15) is 38.8 Å². The first-order valence-electron chi connectivity index (χ1n) is 7.77. The molecular formula is C19H17BrN2O2S. The van der Waals surface area contributed by atoms with Crippen molar-refractivity contribution in [3.05, 3.63) is 74.3 Å². The minimum atomic E-state index is -0.0183. The Morgan fingerprint density at radius 2 is 1.96 bits per heavy atom. The van der Waals surface area contributed by atoms with Gasteiger partial charge in [-0.1, -0.05) is 28.1 Å². The number of aryl methyl sites for hydroxylation is 1. The maximum atomic E-state index is 12.8. The zero-order chi connectivity index (χ0) is 17.8. The van der Waals surface area contributed by atoms with Gasteiger partial charge in [0.1, 0.15) is 0 Å². The van der Waals surface area contributed by atoms with E-state index in [1.807, 2.05) is 36.7 Å². The molecule has 4 nitrogen and oxygen atoms in total. The quantitative estimate of drug-likeness (QED) is 0.529. The summed E-state index contributed by atoms with van der Waals surface area (Å²) >= 11 is 5.05. The average molecular weight is 417 g/mol. The summed E-state index contributed by atoms with van der Waals surface area (Å²) < 4.78 is 6.07. The lowest BCUT2D eigenvalue weighted by Gasteiger charge is -2.16. The molecule has 0 aliphatic rings. The second-order valence-corrected chi connectivity index (χ2v) is 7.42.